The number of benzene rings is 6. The van der Waals surface area contributed by atoms with Crippen LogP contribution in [0.25, 0.3) is 33.4 Å². The molecule has 0 fully saturated rings. The third-order valence-corrected chi connectivity index (χ3v) is 7.59. The Bertz CT molecular complexity index is 1710. The maximum absolute atomic E-state index is 7.71. The first-order chi connectivity index (χ1) is 19.6. The molecule has 0 bridgehead atoms. The Morgan fingerprint density at radius 1 is 0.425 bits per heavy atom. The summed E-state index contributed by atoms with van der Waals surface area (Å²) in [4.78, 5) is 0. The van der Waals surface area contributed by atoms with E-state index in [0.29, 0.717) is 0 Å². The van der Waals surface area contributed by atoms with Crippen molar-refractivity contribution in [1.29, 1.82) is 0 Å². The highest BCUT2D eigenvalue weighted by atomic mass is 15.6. The quantitative estimate of drug-likeness (QED) is 0.133. The smallest absolute Gasteiger partial charge is 0.165 e. The van der Waals surface area contributed by atoms with Gasteiger partial charge in [0, 0.05) is 35.9 Å². The van der Waals surface area contributed by atoms with Gasteiger partial charge in [0.2, 0.25) is 0 Å². The zero-order valence-electron chi connectivity index (χ0n) is 23.0. The number of hydrogen-bond acceptors (Lipinski definition) is 1. The number of rotatable bonds is 6. The van der Waals surface area contributed by atoms with Crippen LogP contribution in [0.1, 0.15) is 11.1 Å². The molecule has 0 saturated heterocycles. The fraction of sp³-hybridized carbons (Fsp3) is 0.0526. The van der Waals surface area contributed by atoms with Gasteiger partial charge >= 0.3 is 0 Å². The summed E-state index contributed by atoms with van der Waals surface area (Å²) in [7, 11) is 0. The lowest BCUT2D eigenvalue weighted by molar-refractivity contribution is 0.549. The van der Waals surface area contributed by atoms with Gasteiger partial charge in [-0.2, -0.15) is 10.4 Å². The summed E-state index contributed by atoms with van der Waals surface area (Å²) in [6.07, 6.45) is 0. The van der Waals surface area contributed by atoms with Crippen LogP contribution in [0.5, 0.6) is 0 Å². The van der Waals surface area contributed by atoms with E-state index in [4.69, 9.17) is 5.84 Å². The largest absolute Gasteiger partial charge is 0.170 e. The highest BCUT2D eigenvalue weighted by Gasteiger charge is 2.38. The SMILES string of the molecule is Cc1cccc([N+](N)(c2cccc(C)c2)c2ccc(-c3ccccc3)c(-c3ccccc3)c2-c2ccccc2)c1. The van der Waals surface area contributed by atoms with E-state index in [1.54, 1.807) is 0 Å². The van der Waals surface area contributed by atoms with Crippen molar-refractivity contribution in [3.05, 3.63) is 163 Å². The number of quaternary nitrogens is 1. The second kappa shape index (κ2) is 10.8. The topological polar surface area (TPSA) is 26.0 Å². The van der Waals surface area contributed by atoms with Crippen LogP contribution in [0.4, 0.5) is 17.1 Å². The lowest BCUT2D eigenvalue weighted by Crippen LogP contribution is -2.46. The van der Waals surface area contributed by atoms with E-state index in [1.165, 1.54) is 27.8 Å². The zero-order chi connectivity index (χ0) is 27.5. The minimum atomic E-state index is 0.0441. The van der Waals surface area contributed by atoms with Crippen molar-refractivity contribution in [3.8, 4) is 33.4 Å². The molecule has 0 spiro atoms. The predicted molar refractivity (Wildman–Crippen MR) is 170 cm³/mol. The summed E-state index contributed by atoms with van der Waals surface area (Å²) in [5.41, 5.74) is 12.3. The van der Waals surface area contributed by atoms with Crippen molar-refractivity contribution in [2.75, 3.05) is 0 Å². The Morgan fingerprint density at radius 2 is 0.875 bits per heavy atom. The van der Waals surface area contributed by atoms with Gasteiger partial charge in [0.1, 0.15) is 0 Å². The Hall–Kier alpha value is -4.76. The van der Waals surface area contributed by atoms with E-state index in [1.807, 2.05) is 0 Å². The van der Waals surface area contributed by atoms with Gasteiger partial charge in [-0.15, -0.1) is 0 Å². The third-order valence-electron chi connectivity index (χ3n) is 7.59. The molecule has 0 amide bonds. The van der Waals surface area contributed by atoms with Gasteiger partial charge in [0.05, 0.1) is 5.56 Å². The highest BCUT2D eigenvalue weighted by Crippen LogP contribution is 2.51. The van der Waals surface area contributed by atoms with Crippen molar-refractivity contribution in [1.82, 2.24) is 4.59 Å². The molecular formula is C38H33N2+. The van der Waals surface area contributed by atoms with E-state index in [-0.39, 0.29) is 4.59 Å². The van der Waals surface area contributed by atoms with Crippen molar-refractivity contribution in [3.63, 3.8) is 0 Å². The number of nitrogens with two attached hydrogens (primary N) is 1. The van der Waals surface area contributed by atoms with Crippen molar-refractivity contribution < 1.29 is 0 Å². The second-order valence-corrected chi connectivity index (χ2v) is 10.4. The molecule has 0 radical (unpaired) electrons. The average Bonchev–Trinajstić information content (AvgIpc) is 3.01. The van der Waals surface area contributed by atoms with Gasteiger partial charge in [-0.05, 0) is 53.3 Å². The molecule has 194 valence electrons. The fourth-order valence-electron chi connectivity index (χ4n) is 5.67. The molecule has 0 atom stereocenters. The Kier molecular flexibility index (Phi) is 6.88. The van der Waals surface area contributed by atoms with Gasteiger partial charge in [0.15, 0.2) is 17.1 Å². The van der Waals surface area contributed by atoms with Crippen molar-refractivity contribution in [2.24, 2.45) is 5.84 Å². The van der Waals surface area contributed by atoms with E-state index >= 15 is 0 Å². The Balaban J connectivity index is 1.79. The van der Waals surface area contributed by atoms with Crippen LogP contribution in [-0.4, -0.2) is 0 Å². The Morgan fingerprint density at radius 3 is 1.35 bits per heavy atom. The first-order valence-corrected chi connectivity index (χ1v) is 13.7. The maximum atomic E-state index is 7.71. The predicted octanol–water partition coefficient (Wildman–Crippen LogP) is 10.1. The van der Waals surface area contributed by atoms with Gasteiger partial charge in [-0.3, -0.25) is 0 Å². The van der Waals surface area contributed by atoms with Crippen LogP contribution in [-0.2, 0) is 0 Å². The van der Waals surface area contributed by atoms with Crippen molar-refractivity contribution in [2.45, 2.75) is 13.8 Å². The molecular weight excluding hydrogens is 484 g/mol. The molecule has 0 aliphatic heterocycles. The lowest BCUT2D eigenvalue weighted by Gasteiger charge is -2.34. The van der Waals surface area contributed by atoms with E-state index < -0.39 is 0 Å². The first kappa shape index (κ1) is 25.5. The molecule has 0 aromatic heterocycles. The highest BCUT2D eigenvalue weighted by molar-refractivity contribution is 6.01. The minimum Gasteiger partial charge on any atom is -0.165 e. The lowest BCUT2D eigenvalue weighted by atomic mass is 9.85. The standard InChI is InChI=1S/C38H33N2/c1-28-14-12-22-33(26-28)40(39,34-23-13-15-29(2)27-34)36-25-24-35(30-16-6-3-7-17-30)37(31-18-8-4-9-19-31)38(36)32-20-10-5-11-21-32/h3-27H,39H2,1-2H3/q+1. The molecule has 2 nitrogen and oxygen atoms in total. The molecule has 0 aliphatic carbocycles. The zero-order valence-corrected chi connectivity index (χ0v) is 23.0. The molecule has 40 heavy (non-hydrogen) atoms. The van der Waals surface area contributed by atoms with Crippen LogP contribution in [0.2, 0.25) is 0 Å². The molecule has 0 saturated carbocycles. The molecule has 6 aromatic rings. The van der Waals surface area contributed by atoms with Crippen LogP contribution < -0.4 is 10.4 Å². The molecule has 0 heterocycles. The Labute approximate surface area is 237 Å². The minimum absolute atomic E-state index is 0.0441. The number of nitrogens with zero attached hydrogens (tertiary/aromatic N) is 1. The molecule has 2 N–H and O–H groups in total. The van der Waals surface area contributed by atoms with Crippen LogP contribution >= 0.6 is 0 Å². The van der Waals surface area contributed by atoms with E-state index in [0.717, 1.165) is 33.8 Å². The molecule has 0 aliphatic rings. The summed E-state index contributed by atoms with van der Waals surface area (Å²) in [5, 5.41) is 0. The fourth-order valence-corrected chi connectivity index (χ4v) is 5.67. The number of hydrogen-bond donors (Lipinski definition) is 1. The number of aryl methyl sites for hydroxylation is 2. The molecule has 2 heteroatoms. The molecule has 6 rings (SSSR count). The summed E-state index contributed by atoms with van der Waals surface area (Å²) in [5.74, 6) is 7.71. The summed E-state index contributed by atoms with van der Waals surface area (Å²) >= 11 is 0. The van der Waals surface area contributed by atoms with E-state index in [2.05, 4.69) is 166 Å². The van der Waals surface area contributed by atoms with E-state index in [9.17, 15) is 0 Å². The van der Waals surface area contributed by atoms with Gasteiger partial charge in [-0.1, -0.05) is 115 Å². The van der Waals surface area contributed by atoms with Crippen LogP contribution in [0.3, 0.4) is 0 Å². The second-order valence-electron chi connectivity index (χ2n) is 10.4. The monoisotopic (exact) mass is 517 g/mol. The van der Waals surface area contributed by atoms with Gasteiger partial charge in [0.25, 0.3) is 0 Å². The normalized spacial score (nSPS) is 11.4. The molecule has 6 aromatic carbocycles. The van der Waals surface area contributed by atoms with Crippen LogP contribution in [0.15, 0.2) is 152 Å². The summed E-state index contributed by atoms with van der Waals surface area (Å²) < 4.78 is 0.0441. The maximum Gasteiger partial charge on any atom is 0.170 e. The van der Waals surface area contributed by atoms with Crippen molar-refractivity contribution >= 4 is 17.1 Å². The third kappa shape index (κ3) is 4.65. The first-order valence-electron chi connectivity index (χ1n) is 13.7. The molecule has 0 unspecified atom stereocenters. The summed E-state index contributed by atoms with van der Waals surface area (Å²) in [6, 6.07) is 53.5. The average molecular weight is 518 g/mol. The summed E-state index contributed by atoms with van der Waals surface area (Å²) in [6.45, 7) is 4.24. The van der Waals surface area contributed by atoms with Gasteiger partial charge in [-0.25, -0.2) is 0 Å². The van der Waals surface area contributed by atoms with Crippen LogP contribution in [0, 0.1) is 13.8 Å². The van der Waals surface area contributed by atoms with Gasteiger partial charge < -0.3 is 0 Å².